The Balaban J connectivity index is 0.00000280. The summed E-state index contributed by atoms with van der Waals surface area (Å²) in [6.45, 7) is 3.03. The Hall–Kier alpha value is -2.05. The van der Waals surface area contributed by atoms with Gasteiger partial charge in [-0.25, -0.2) is 13.2 Å². The van der Waals surface area contributed by atoms with Crippen molar-refractivity contribution in [3.8, 4) is 0 Å². The maximum Gasteiger partial charge on any atom is 0.223 e. The lowest BCUT2D eigenvalue weighted by Crippen LogP contribution is -2.51. The third-order valence-corrected chi connectivity index (χ3v) is 5.11. The minimum absolute atomic E-state index is 0. The average molecular weight is 413 g/mol. The Morgan fingerprint density at radius 1 is 1.14 bits per heavy atom. The molecule has 3 rings (SSSR count). The molecular weight excluding hydrogens is 389 g/mol. The zero-order valence-corrected chi connectivity index (χ0v) is 16.4. The van der Waals surface area contributed by atoms with Gasteiger partial charge in [0.25, 0.3) is 0 Å². The van der Waals surface area contributed by atoms with Crippen molar-refractivity contribution < 1.29 is 18.0 Å². The second-order valence-electron chi connectivity index (χ2n) is 7.08. The molecule has 1 aliphatic heterocycles. The smallest absolute Gasteiger partial charge is 0.223 e. The van der Waals surface area contributed by atoms with Crippen LogP contribution in [0.3, 0.4) is 0 Å². The Labute approximate surface area is 169 Å². The average Bonchev–Trinajstić information content (AvgIpc) is 2.66. The van der Waals surface area contributed by atoms with E-state index in [0.29, 0.717) is 30.5 Å². The van der Waals surface area contributed by atoms with Gasteiger partial charge >= 0.3 is 0 Å². The summed E-state index contributed by atoms with van der Waals surface area (Å²) in [7, 11) is 0. The van der Waals surface area contributed by atoms with Crippen molar-refractivity contribution >= 4 is 18.3 Å². The van der Waals surface area contributed by atoms with Crippen molar-refractivity contribution in [2.24, 2.45) is 5.92 Å². The first-order chi connectivity index (χ1) is 13.0. The van der Waals surface area contributed by atoms with Gasteiger partial charge in [-0.3, -0.25) is 4.79 Å². The molecule has 0 bridgehead atoms. The van der Waals surface area contributed by atoms with Gasteiger partial charge in [0.15, 0.2) is 11.6 Å². The quantitative estimate of drug-likeness (QED) is 0.780. The molecule has 0 aliphatic carbocycles. The number of amides is 1. The second kappa shape index (κ2) is 9.94. The van der Waals surface area contributed by atoms with E-state index in [1.807, 2.05) is 0 Å². The normalized spacial score (nSPS) is 20.1. The number of piperidine rings is 1. The van der Waals surface area contributed by atoms with E-state index in [0.717, 1.165) is 12.6 Å². The molecular formula is C21H24ClF3N2O. The summed E-state index contributed by atoms with van der Waals surface area (Å²) in [5.74, 6) is -2.79. The third kappa shape index (κ3) is 5.26. The summed E-state index contributed by atoms with van der Waals surface area (Å²) in [5, 5.41) is 6.22. The molecule has 0 radical (unpaired) electrons. The topological polar surface area (TPSA) is 41.1 Å². The van der Waals surface area contributed by atoms with Crippen molar-refractivity contribution in [2.75, 3.05) is 13.1 Å². The Kier molecular flexibility index (Phi) is 7.89. The lowest BCUT2D eigenvalue weighted by atomic mass is 9.85. The van der Waals surface area contributed by atoms with E-state index in [2.05, 4.69) is 10.6 Å². The first kappa shape index (κ1) is 22.2. The molecule has 3 atom stereocenters. The fourth-order valence-electron chi connectivity index (χ4n) is 3.56. The van der Waals surface area contributed by atoms with Crippen molar-refractivity contribution in [1.29, 1.82) is 0 Å². The van der Waals surface area contributed by atoms with Crippen molar-refractivity contribution in [3.63, 3.8) is 0 Å². The molecule has 0 saturated carbocycles. The van der Waals surface area contributed by atoms with E-state index in [1.165, 1.54) is 12.1 Å². The number of halogens is 4. The van der Waals surface area contributed by atoms with Crippen LogP contribution in [0.2, 0.25) is 0 Å². The molecule has 3 nitrogen and oxygen atoms in total. The van der Waals surface area contributed by atoms with Crippen LogP contribution in [0.5, 0.6) is 0 Å². The van der Waals surface area contributed by atoms with Crippen LogP contribution >= 0.6 is 12.4 Å². The number of hydrogen-bond donors (Lipinski definition) is 2. The van der Waals surface area contributed by atoms with Crippen LogP contribution in [0.4, 0.5) is 13.2 Å². The minimum atomic E-state index is -0.885. The van der Waals surface area contributed by atoms with Crippen LogP contribution in [-0.2, 0) is 11.2 Å². The van der Waals surface area contributed by atoms with Gasteiger partial charge in [0.05, 0.1) is 0 Å². The van der Waals surface area contributed by atoms with E-state index in [1.54, 1.807) is 31.2 Å². The largest absolute Gasteiger partial charge is 0.351 e. The lowest BCUT2D eigenvalue weighted by Gasteiger charge is -2.34. The highest BCUT2D eigenvalue weighted by atomic mass is 35.5. The fraction of sp³-hybridized carbons (Fsp3) is 0.381. The molecule has 7 heteroatoms. The van der Waals surface area contributed by atoms with E-state index < -0.39 is 17.6 Å². The van der Waals surface area contributed by atoms with Crippen LogP contribution in [0.15, 0.2) is 42.5 Å². The van der Waals surface area contributed by atoms with Gasteiger partial charge in [0.2, 0.25) is 5.91 Å². The van der Waals surface area contributed by atoms with E-state index in [-0.39, 0.29) is 36.1 Å². The Bertz CT molecular complexity index is 818. The molecule has 1 fully saturated rings. The molecule has 1 saturated heterocycles. The molecule has 1 heterocycles. The zero-order chi connectivity index (χ0) is 19.4. The third-order valence-electron chi connectivity index (χ3n) is 5.11. The predicted octanol–water partition coefficient (Wildman–Crippen LogP) is 3.97. The van der Waals surface area contributed by atoms with Gasteiger partial charge in [-0.15, -0.1) is 12.4 Å². The highest BCUT2D eigenvalue weighted by Crippen LogP contribution is 2.27. The number of nitrogens with one attached hydrogen (secondary N) is 2. The van der Waals surface area contributed by atoms with Crippen molar-refractivity contribution in [3.05, 3.63) is 71.0 Å². The first-order valence-electron chi connectivity index (χ1n) is 9.15. The zero-order valence-electron chi connectivity index (χ0n) is 15.6. The molecule has 3 unspecified atom stereocenters. The van der Waals surface area contributed by atoms with Crippen LogP contribution < -0.4 is 10.6 Å². The van der Waals surface area contributed by atoms with E-state index in [9.17, 15) is 18.0 Å². The maximum atomic E-state index is 13.8. The van der Waals surface area contributed by atoms with Crippen molar-refractivity contribution in [2.45, 2.75) is 31.7 Å². The highest BCUT2D eigenvalue weighted by molar-refractivity contribution is 5.85. The molecule has 2 N–H and O–H groups in total. The van der Waals surface area contributed by atoms with Crippen LogP contribution in [0.25, 0.3) is 0 Å². The summed E-state index contributed by atoms with van der Waals surface area (Å²) in [6.07, 6.45) is 1.01. The monoisotopic (exact) mass is 412 g/mol. The molecule has 2 aromatic rings. The van der Waals surface area contributed by atoms with Gasteiger partial charge in [0, 0.05) is 24.4 Å². The number of carbonyl (C=O) groups excluding carboxylic acids is 1. The van der Waals surface area contributed by atoms with Crippen molar-refractivity contribution in [1.82, 2.24) is 10.6 Å². The molecule has 0 aromatic heterocycles. The maximum absolute atomic E-state index is 13.8. The molecule has 1 amide bonds. The Morgan fingerprint density at radius 2 is 1.89 bits per heavy atom. The summed E-state index contributed by atoms with van der Waals surface area (Å²) in [5.41, 5.74) is 1.17. The highest BCUT2D eigenvalue weighted by Gasteiger charge is 2.29. The number of rotatable bonds is 5. The first-order valence-corrected chi connectivity index (χ1v) is 9.15. The van der Waals surface area contributed by atoms with Gasteiger partial charge in [-0.1, -0.05) is 31.2 Å². The summed E-state index contributed by atoms with van der Waals surface area (Å²) in [6, 6.07) is 10.1. The predicted molar refractivity (Wildman–Crippen MR) is 105 cm³/mol. The lowest BCUT2D eigenvalue weighted by molar-refractivity contribution is -0.125. The molecule has 152 valence electrons. The van der Waals surface area contributed by atoms with E-state index >= 15 is 0 Å². The van der Waals surface area contributed by atoms with Crippen LogP contribution in [0.1, 0.15) is 30.4 Å². The standard InChI is InChI=1S/C21H23F3N2O.ClH/c1-13(10-15-4-2-3-5-17(15)22)21(27)26-20-12-25-9-8-16(20)14-6-7-18(23)19(24)11-14;/h2-7,11,13,16,20,25H,8-10,12H2,1H3,(H,26,27);1H. The molecule has 1 aliphatic rings. The van der Waals surface area contributed by atoms with Gasteiger partial charge in [-0.05, 0) is 48.7 Å². The number of benzene rings is 2. The van der Waals surface area contributed by atoms with Gasteiger partial charge < -0.3 is 10.6 Å². The van der Waals surface area contributed by atoms with Crippen LogP contribution in [-0.4, -0.2) is 25.0 Å². The molecule has 0 spiro atoms. The SMILES string of the molecule is CC(Cc1ccccc1F)C(=O)NC1CNCCC1c1ccc(F)c(F)c1.Cl. The fourth-order valence-corrected chi connectivity index (χ4v) is 3.56. The Morgan fingerprint density at radius 3 is 2.61 bits per heavy atom. The molecule has 2 aromatic carbocycles. The van der Waals surface area contributed by atoms with Crippen LogP contribution in [0, 0.1) is 23.4 Å². The summed E-state index contributed by atoms with van der Waals surface area (Å²) < 4.78 is 40.7. The van der Waals surface area contributed by atoms with Gasteiger partial charge in [0.1, 0.15) is 5.82 Å². The summed E-state index contributed by atoms with van der Waals surface area (Å²) in [4.78, 5) is 12.6. The minimum Gasteiger partial charge on any atom is -0.351 e. The van der Waals surface area contributed by atoms with E-state index in [4.69, 9.17) is 0 Å². The van der Waals surface area contributed by atoms with Gasteiger partial charge in [-0.2, -0.15) is 0 Å². The number of hydrogen-bond acceptors (Lipinski definition) is 2. The number of carbonyl (C=O) groups is 1. The molecule has 28 heavy (non-hydrogen) atoms. The summed E-state index contributed by atoms with van der Waals surface area (Å²) >= 11 is 0. The second-order valence-corrected chi connectivity index (χ2v) is 7.08.